The summed E-state index contributed by atoms with van der Waals surface area (Å²) in [5.74, 6) is -2.67. The van der Waals surface area contributed by atoms with Crippen LogP contribution >= 0.6 is 0 Å². The molecule has 266 valence electrons. The zero-order valence-electron chi connectivity index (χ0n) is 27.0. The number of carbonyl (C=O) groups excluding carboxylic acids is 5. The highest BCUT2D eigenvalue weighted by Gasteiger charge is 2.20. The van der Waals surface area contributed by atoms with E-state index in [4.69, 9.17) is 24.7 Å². The number of unbranched alkanes of at least 4 members (excludes halogenated alkanes) is 1. The molecule has 17 heteroatoms. The van der Waals surface area contributed by atoms with Gasteiger partial charge in [0.15, 0.2) is 0 Å². The monoisotopic (exact) mass is 662 g/mol. The van der Waals surface area contributed by atoms with E-state index in [1.165, 1.54) is 0 Å². The first-order valence-corrected chi connectivity index (χ1v) is 15.8. The third-order valence-corrected chi connectivity index (χ3v) is 6.00. The molecular formula is C29H54N6O11. The SMILES string of the molecule is CCCCNC(=O)COCCOCCNC(=O)COCCOCCNC(=O)CCCNC(=O)CCC(NC(=O)CCCN)C(=O)O. The van der Waals surface area contributed by atoms with Gasteiger partial charge in [0.25, 0.3) is 0 Å². The Hall–Kier alpha value is -3.38. The van der Waals surface area contributed by atoms with Crippen LogP contribution in [0.15, 0.2) is 0 Å². The molecule has 0 aliphatic rings. The Balaban J connectivity index is 3.60. The van der Waals surface area contributed by atoms with E-state index in [-0.39, 0.29) is 102 Å². The molecule has 0 radical (unpaired) electrons. The minimum Gasteiger partial charge on any atom is -0.480 e. The van der Waals surface area contributed by atoms with Crippen LogP contribution in [0.1, 0.15) is 58.3 Å². The van der Waals surface area contributed by atoms with Crippen molar-refractivity contribution >= 4 is 35.5 Å². The van der Waals surface area contributed by atoms with Crippen LogP contribution < -0.4 is 32.3 Å². The second-order valence-electron chi connectivity index (χ2n) is 10.1. The van der Waals surface area contributed by atoms with Gasteiger partial charge in [-0.05, 0) is 32.2 Å². The van der Waals surface area contributed by atoms with E-state index in [1.54, 1.807) is 0 Å². The number of aliphatic carboxylic acids is 1. The van der Waals surface area contributed by atoms with Gasteiger partial charge in [0.05, 0.1) is 39.6 Å². The Bertz CT molecular complexity index is 879. The molecule has 17 nitrogen and oxygen atoms in total. The molecule has 0 heterocycles. The molecule has 0 saturated heterocycles. The maximum atomic E-state index is 12.0. The highest BCUT2D eigenvalue weighted by molar-refractivity contribution is 5.84. The summed E-state index contributed by atoms with van der Waals surface area (Å²) in [6.45, 7) is 5.32. The molecule has 0 fully saturated rings. The summed E-state index contributed by atoms with van der Waals surface area (Å²) in [4.78, 5) is 70.1. The number of carboxylic acid groups (broad SMARTS) is 1. The van der Waals surface area contributed by atoms with E-state index in [9.17, 15) is 33.9 Å². The Morgan fingerprint density at radius 2 is 1.07 bits per heavy atom. The number of rotatable bonds is 31. The molecule has 46 heavy (non-hydrogen) atoms. The molecule has 0 aliphatic carbocycles. The summed E-state index contributed by atoms with van der Waals surface area (Å²) in [7, 11) is 0. The van der Waals surface area contributed by atoms with Crippen LogP contribution in [-0.2, 0) is 47.7 Å². The third kappa shape index (κ3) is 28.1. The predicted octanol–water partition coefficient (Wildman–Crippen LogP) is -1.81. The molecule has 0 aromatic rings. The first kappa shape index (κ1) is 42.6. The summed E-state index contributed by atoms with van der Waals surface area (Å²) in [6.07, 6.45) is 2.95. The van der Waals surface area contributed by atoms with E-state index >= 15 is 0 Å². The lowest BCUT2D eigenvalue weighted by molar-refractivity contribution is -0.142. The molecule has 0 rings (SSSR count). The van der Waals surface area contributed by atoms with Crippen molar-refractivity contribution in [1.82, 2.24) is 26.6 Å². The second-order valence-corrected chi connectivity index (χ2v) is 10.1. The lowest BCUT2D eigenvalue weighted by atomic mass is 10.1. The van der Waals surface area contributed by atoms with Crippen LogP contribution in [0.4, 0.5) is 0 Å². The normalized spacial score (nSPS) is 11.3. The minimum absolute atomic E-state index is 0.00795. The molecule has 5 amide bonds. The molecule has 8 N–H and O–H groups in total. The van der Waals surface area contributed by atoms with Crippen molar-refractivity contribution in [3.63, 3.8) is 0 Å². The van der Waals surface area contributed by atoms with Crippen LogP contribution in [0.5, 0.6) is 0 Å². The van der Waals surface area contributed by atoms with Gasteiger partial charge in [-0.15, -0.1) is 0 Å². The van der Waals surface area contributed by atoms with Crippen molar-refractivity contribution < 1.29 is 52.8 Å². The summed E-state index contributed by atoms with van der Waals surface area (Å²) in [6, 6.07) is -1.16. The Kier molecular flexibility index (Phi) is 28.1. The average molecular weight is 663 g/mol. The molecule has 0 spiro atoms. The number of hydrogen-bond acceptors (Lipinski definition) is 11. The molecule has 0 aromatic heterocycles. The van der Waals surface area contributed by atoms with Crippen molar-refractivity contribution in [2.24, 2.45) is 5.73 Å². The first-order chi connectivity index (χ1) is 22.2. The van der Waals surface area contributed by atoms with E-state index in [1.807, 2.05) is 6.92 Å². The van der Waals surface area contributed by atoms with Gasteiger partial charge in [-0.25, -0.2) is 4.79 Å². The number of carbonyl (C=O) groups is 6. The number of hydrogen-bond donors (Lipinski definition) is 7. The highest BCUT2D eigenvalue weighted by atomic mass is 16.5. The van der Waals surface area contributed by atoms with E-state index in [0.717, 1.165) is 12.8 Å². The standard InChI is InChI=1S/C29H54N6O11/c1-2-3-11-32-27(39)21-45-19-18-44-16-14-34-28(40)22-46-20-17-43-15-13-33-24(36)7-5-12-31-25(37)9-8-23(29(41)42)35-26(38)6-4-10-30/h23H,2-22,30H2,1H3,(H,31,37)(H,32,39)(H,33,36)(H,34,40)(H,35,38)(H,41,42). The van der Waals surface area contributed by atoms with Gasteiger partial charge in [-0.2, -0.15) is 0 Å². The van der Waals surface area contributed by atoms with Crippen molar-refractivity contribution in [2.45, 2.75) is 64.3 Å². The molecular weight excluding hydrogens is 608 g/mol. The molecule has 1 unspecified atom stereocenters. The van der Waals surface area contributed by atoms with Gasteiger partial charge < -0.3 is 56.4 Å². The summed E-state index contributed by atoms with van der Waals surface area (Å²) < 4.78 is 21.1. The van der Waals surface area contributed by atoms with Crippen molar-refractivity contribution in [1.29, 1.82) is 0 Å². The van der Waals surface area contributed by atoms with E-state index in [0.29, 0.717) is 45.7 Å². The van der Waals surface area contributed by atoms with Crippen LogP contribution in [0.2, 0.25) is 0 Å². The second kappa shape index (κ2) is 30.3. The lowest BCUT2D eigenvalue weighted by Gasteiger charge is -2.14. The molecule has 1 atom stereocenters. The highest BCUT2D eigenvalue weighted by Crippen LogP contribution is 2.00. The van der Waals surface area contributed by atoms with Gasteiger partial charge in [0, 0.05) is 45.4 Å². The van der Waals surface area contributed by atoms with E-state index < -0.39 is 17.9 Å². The smallest absolute Gasteiger partial charge is 0.326 e. The zero-order chi connectivity index (χ0) is 34.3. The largest absolute Gasteiger partial charge is 0.480 e. The Morgan fingerprint density at radius 1 is 0.587 bits per heavy atom. The van der Waals surface area contributed by atoms with Gasteiger partial charge in [-0.1, -0.05) is 13.3 Å². The number of nitrogens with one attached hydrogen (secondary N) is 5. The number of nitrogens with two attached hydrogens (primary N) is 1. The third-order valence-electron chi connectivity index (χ3n) is 6.00. The summed E-state index contributed by atoms with van der Waals surface area (Å²) in [5.41, 5.74) is 5.33. The van der Waals surface area contributed by atoms with Gasteiger partial charge in [0.2, 0.25) is 29.5 Å². The summed E-state index contributed by atoms with van der Waals surface area (Å²) in [5, 5.41) is 22.3. The molecule has 0 saturated carbocycles. The van der Waals surface area contributed by atoms with Crippen LogP contribution in [-0.4, -0.2) is 132 Å². The van der Waals surface area contributed by atoms with Crippen molar-refractivity contribution in [3.8, 4) is 0 Å². The fraction of sp³-hybridized carbons (Fsp3) is 0.793. The Labute approximate surface area is 270 Å². The lowest BCUT2D eigenvalue weighted by Crippen LogP contribution is -2.41. The minimum atomic E-state index is -1.22. The van der Waals surface area contributed by atoms with Crippen LogP contribution in [0.25, 0.3) is 0 Å². The first-order valence-electron chi connectivity index (χ1n) is 15.8. The molecule has 0 bridgehead atoms. The fourth-order valence-electron chi connectivity index (χ4n) is 3.52. The zero-order valence-corrected chi connectivity index (χ0v) is 27.0. The quantitative estimate of drug-likeness (QED) is 0.0406. The predicted molar refractivity (Wildman–Crippen MR) is 167 cm³/mol. The summed E-state index contributed by atoms with van der Waals surface area (Å²) >= 11 is 0. The molecule has 0 aromatic carbocycles. The van der Waals surface area contributed by atoms with Crippen molar-refractivity contribution in [3.05, 3.63) is 0 Å². The van der Waals surface area contributed by atoms with E-state index in [2.05, 4.69) is 26.6 Å². The number of carboxylic acids is 1. The average Bonchev–Trinajstić information content (AvgIpc) is 3.02. The van der Waals surface area contributed by atoms with Crippen LogP contribution in [0, 0.1) is 0 Å². The maximum Gasteiger partial charge on any atom is 0.326 e. The maximum absolute atomic E-state index is 12.0. The fourth-order valence-corrected chi connectivity index (χ4v) is 3.52. The van der Waals surface area contributed by atoms with Crippen molar-refractivity contribution in [2.75, 3.05) is 85.6 Å². The molecule has 0 aliphatic heterocycles. The van der Waals surface area contributed by atoms with Gasteiger partial charge in [0.1, 0.15) is 19.3 Å². The topological polar surface area (TPSA) is 246 Å². The number of amides is 5. The van der Waals surface area contributed by atoms with Gasteiger partial charge in [-0.3, -0.25) is 24.0 Å². The van der Waals surface area contributed by atoms with Gasteiger partial charge >= 0.3 is 5.97 Å². The number of ether oxygens (including phenoxy) is 4. The Morgan fingerprint density at radius 3 is 1.63 bits per heavy atom. The van der Waals surface area contributed by atoms with Crippen LogP contribution in [0.3, 0.4) is 0 Å².